The van der Waals surface area contributed by atoms with Crippen molar-refractivity contribution < 1.29 is 34.5 Å². The minimum absolute atomic E-state index is 0.105. The van der Waals surface area contributed by atoms with Crippen molar-refractivity contribution in [3.05, 3.63) is 18.2 Å². The maximum Gasteiger partial charge on any atom is 0.326 e. The molecule has 6 atom stereocenters. The highest BCUT2D eigenvalue weighted by Crippen LogP contribution is 2.04. The van der Waals surface area contributed by atoms with Gasteiger partial charge in [0.1, 0.15) is 18.1 Å². The van der Waals surface area contributed by atoms with E-state index in [0.29, 0.717) is 12.1 Å². The second-order valence-electron chi connectivity index (χ2n) is 8.19. The molecule has 0 saturated heterocycles. The molecule has 0 bridgehead atoms. The molecule has 36 heavy (non-hydrogen) atoms. The van der Waals surface area contributed by atoms with Crippen LogP contribution in [0.2, 0.25) is 0 Å². The van der Waals surface area contributed by atoms with E-state index in [2.05, 4.69) is 30.9 Å². The number of nitrogens with zero attached hydrogens (tertiary/aromatic N) is 2. The Morgan fingerprint density at radius 3 is 2.06 bits per heavy atom. The number of carboxylic acids is 1. The van der Waals surface area contributed by atoms with Gasteiger partial charge in [0, 0.05) is 24.9 Å². The highest BCUT2D eigenvalue weighted by molar-refractivity contribution is 5.94. The molecule has 0 aliphatic carbocycles. The van der Waals surface area contributed by atoms with Crippen LogP contribution in [0.4, 0.5) is 0 Å². The number of carbonyl (C=O) groups excluding carboxylic acids is 3. The summed E-state index contributed by atoms with van der Waals surface area (Å²) in [6.45, 7) is 2.68. The number of aromatic amines is 1. The molecule has 0 aromatic carbocycles. The number of carbonyl (C=O) groups is 4. The van der Waals surface area contributed by atoms with Gasteiger partial charge in [-0.15, -0.1) is 0 Å². The molecule has 0 radical (unpaired) electrons. The molecule has 0 spiro atoms. The minimum atomic E-state index is -1.59. The summed E-state index contributed by atoms with van der Waals surface area (Å²) in [5.41, 5.74) is 16.7. The first-order valence-electron chi connectivity index (χ1n) is 11.1. The summed E-state index contributed by atoms with van der Waals surface area (Å²) < 4.78 is 0. The fraction of sp³-hybridized carbons (Fsp3) is 0.600. The molecule has 0 aliphatic heterocycles. The summed E-state index contributed by atoms with van der Waals surface area (Å²) in [7, 11) is 0. The Labute approximate surface area is 207 Å². The zero-order valence-corrected chi connectivity index (χ0v) is 20.0. The smallest absolute Gasteiger partial charge is 0.326 e. The largest absolute Gasteiger partial charge is 0.480 e. The lowest BCUT2D eigenvalue weighted by molar-refractivity contribution is -0.143. The van der Waals surface area contributed by atoms with Gasteiger partial charge in [0.05, 0.1) is 24.6 Å². The van der Waals surface area contributed by atoms with E-state index < -0.39 is 60.1 Å². The average molecular weight is 514 g/mol. The van der Waals surface area contributed by atoms with E-state index in [1.165, 1.54) is 26.4 Å². The first-order valence-corrected chi connectivity index (χ1v) is 11.1. The summed E-state index contributed by atoms with van der Waals surface area (Å²) in [5.74, 6) is -4.18. The number of aromatic nitrogens is 2. The van der Waals surface area contributed by atoms with E-state index in [1.807, 2.05) is 0 Å². The summed E-state index contributed by atoms with van der Waals surface area (Å²) in [6.07, 6.45) is 0.321. The fourth-order valence-corrected chi connectivity index (χ4v) is 3.04. The SMILES string of the molecule is CC(O)C(NC(=O)C(N)CCCN=C(N)N)C(=O)NC(C(=O)NC(Cc1cnc[nH]1)C(=O)O)C(C)O. The van der Waals surface area contributed by atoms with E-state index in [0.717, 1.165) is 0 Å². The number of amides is 3. The molecule has 0 fully saturated rings. The molecule has 6 unspecified atom stereocenters. The van der Waals surface area contributed by atoms with Crippen LogP contribution in [0.3, 0.4) is 0 Å². The van der Waals surface area contributed by atoms with Crippen molar-refractivity contribution in [3.63, 3.8) is 0 Å². The second kappa shape index (κ2) is 14.6. The fourth-order valence-electron chi connectivity index (χ4n) is 3.04. The van der Waals surface area contributed by atoms with Crippen LogP contribution in [0.5, 0.6) is 0 Å². The third kappa shape index (κ3) is 10.2. The van der Waals surface area contributed by atoms with E-state index in [4.69, 9.17) is 17.2 Å². The van der Waals surface area contributed by atoms with Crippen molar-refractivity contribution in [3.8, 4) is 0 Å². The third-order valence-corrected chi connectivity index (χ3v) is 5.02. The number of aliphatic hydroxyl groups is 2. The summed E-state index contributed by atoms with van der Waals surface area (Å²) >= 11 is 0. The van der Waals surface area contributed by atoms with Crippen LogP contribution in [-0.2, 0) is 25.6 Å². The number of carboxylic acid groups (broad SMARTS) is 1. The molecular formula is C20H35N9O7. The van der Waals surface area contributed by atoms with Crippen LogP contribution in [0.25, 0.3) is 0 Å². The van der Waals surface area contributed by atoms with Crippen molar-refractivity contribution in [1.29, 1.82) is 0 Å². The van der Waals surface area contributed by atoms with Crippen molar-refractivity contribution in [2.75, 3.05) is 6.54 Å². The molecule has 1 rings (SSSR count). The quantitative estimate of drug-likeness (QED) is 0.0607. The van der Waals surface area contributed by atoms with Crippen LogP contribution in [-0.4, -0.2) is 97.9 Å². The van der Waals surface area contributed by atoms with Crippen molar-refractivity contribution in [2.24, 2.45) is 22.2 Å². The molecule has 0 aliphatic rings. The van der Waals surface area contributed by atoms with Gasteiger partial charge in [-0.2, -0.15) is 0 Å². The Bertz CT molecular complexity index is 901. The molecule has 202 valence electrons. The van der Waals surface area contributed by atoms with Gasteiger partial charge in [0.15, 0.2) is 5.96 Å². The zero-order valence-electron chi connectivity index (χ0n) is 20.0. The lowest BCUT2D eigenvalue weighted by atomic mass is 10.1. The average Bonchev–Trinajstić information content (AvgIpc) is 3.30. The van der Waals surface area contributed by atoms with Gasteiger partial charge in [0.25, 0.3) is 0 Å². The summed E-state index contributed by atoms with van der Waals surface area (Å²) in [5, 5.41) is 36.3. The molecule has 1 heterocycles. The molecular weight excluding hydrogens is 478 g/mol. The Balaban J connectivity index is 2.82. The number of nitrogens with two attached hydrogens (primary N) is 3. The number of aliphatic carboxylic acids is 1. The van der Waals surface area contributed by atoms with E-state index in [1.54, 1.807) is 0 Å². The molecule has 0 saturated carbocycles. The van der Waals surface area contributed by atoms with E-state index >= 15 is 0 Å². The predicted octanol–water partition coefficient (Wildman–Crippen LogP) is -4.37. The first-order chi connectivity index (χ1) is 16.8. The topological polar surface area (TPSA) is 284 Å². The van der Waals surface area contributed by atoms with Gasteiger partial charge in [0.2, 0.25) is 17.7 Å². The van der Waals surface area contributed by atoms with Crippen LogP contribution in [0.15, 0.2) is 17.5 Å². The molecule has 16 nitrogen and oxygen atoms in total. The Morgan fingerprint density at radius 2 is 1.58 bits per heavy atom. The van der Waals surface area contributed by atoms with Gasteiger partial charge in [-0.3, -0.25) is 19.4 Å². The standard InChI is InChI=1S/C20H35N9O7/c1-9(30)14(17(33)27-13(19(35)36)6-11-7-24-8-26-11)29-18(34)15(10(2)31)28-16(32)12(21)4-3-5-25-20(22)23/h7-10,12-15,30-31H,3-6,21H2,1-2H3,(H,24,26)(H,27,33)(H,28,32)(H,29,34)(H,35,36)(H4,22,23,25). The number of hydrogen-bond donors (Lipinski definition) is 10. The first kappa shape index (κ1) is 30.3. The number of aliphatic hydroxyl groups excluding tert-OH is 2. The van der Waals surface area contributed by atoms with Gasteiger partial charge < -0.3 is 53.5 Å². The second-order valence-corrected chi connectivity index (χ2v) is 8.19. The maximum atomic E-state index is 12.8. The highest BCUT2D eigenvalue weighted by atomic mass is 16.4. The van der Waals surface area contributed by atoms with Crippen LogP contribution in [0, 0.1) is 0 Å². The van der Waals surface area contributed by atoms with Gasteiger partial charge in [-0.25, -0.2) is 9.78 Å². The molecule has 1 aromatic rings. The van der Waals surface area contributed by atoms with Gasteiger partial charge in [-0.05, 0) is 26.7 Å². The number of guanidine groups is 1. The van der Waals surface area contributed by atoms with Crippen molar-refractivity contribution >= 4 is 29.7 Å². The third-order valence-electron chi connectivity index (χ3n) is 5.02. The number of rotatable bonds is 15. The van der Waals surface area contributed by atoms with E-state index in [-0.39, 0.29) is 25.3 Å². The number of nitrogens with one attached hydrogen (secondary N) is 4. The molecule has 3 amide bonds. The summed E-state index contributed by atoms with van der Waals surface area (Å²) in [4.78, 5) is 59.7. The number of aliphatic imine (C=N–C) groups is 1. The number of hydrogen-bond acceptors (Lipinski definition) is 9. The van der Waals surface area contributed by atoms with Crippen molar-refractivity contribution in [1.82, 2.24) is 25.9 Å². The van der Waals surface area contributed by atoms with Crippen LogP contribution >= 0.6 is 0 Å². The Kier molecular flexibility index (Phi) is 12.3. The van der Waals surface area contributed by atoms with E-state index in [9.17, 15) is 34.5 Å². The molecule has 16 heteroatoms. The van der Waals surface area contributed by atoms with Crippen LogP contribution in [0.1, 0.15) is 32.4 Å². The molecule has 13 N–H and O–H groups in total. The molecule has 1 aromatic heterocycles. The monoisotopic (exact) mass is 513 g/mol. The van der Waals surface area contributed by atoms with Gasteiger partial charge >= 0.3 is 5.97 Å². The zero-order chi connectivity index (χ0) is 27.4. The predicted molar refractivity (Wildman–Crippen MR) is 127 cm³/mol. The maximum absolute atomic E-state index is 12.8. The van der Waals surface area contributed by atoms with Crippen LogP contribution < -0.4 is 33.2 Å². The number of imidazole rings is 1. The summed E-state index contributed by atoms with van der Waals surface area (Å²) in [6, 6.07) is -5.54. The lowest BCUT2D eigenvalue weighted by Crippen LogP contribution is -2.62. The lowest BCUT2D eigenvalue weighted by Gasteiger charge is -2.27. The highest BCUT2D eigenvalue weighted by Gasteiger charge is 2.34. The van der Waals surface area contributed by atoms with Crippen molar-refractivity contribution in [2.45, 2.75) is 69.5 Å². The number of H-pyrrole nitrogens is 1. The van der Waals surface area contributed by atoms with Gasteiger partial charge in [-0.1, -0.05) is 0 Å². The normalized spacial score (nSPS) is 15.9. The Morgan fingerprint density at radius 1 is 1.03 bits per heavy atom. The Hall–Kier alpha value is -3.76. The minimum Gasteiger partial charge on any atom is -0.480 e.